The first-order chi connectivity index (χ1) is 13.2. The van der Waals surface area contributed by atoms with E-state index in [-0.39, 0.29) is 18.2 Å². The SMILES string of the molecule is O=C(OCC(=O)N1CCC[C@@H]2CCCC[C@@H]21)c1csc(-c2ccccc2)n1. The molecule has 1 aliphatic heterocycles. The molecule has 2 fully saturated rings. The molecule has 0 radical (unpaired) electrons. The van der Waals surface area contributed by atoms with Crippen LogP contribution in [0.15, 0.2) is 35.7 Å². The van der Waals surface area contributed by atoms with Gasteiger partial charge in [0.05, 0.1) is 0 Å². The van der Waals surface area contributed by atoms with E-state index in [1.165, 1.54) is 37.0 Å². The predicted molar refractivity (Wildman–Crippen MR) is 105 cm³/mol. The number of ether oxygens (including phenoxy) is 1. The van der Waals surface area contributed by atoms with Crippen LogP contribution in [0.4, 0.5) is 0 Å². The molecule has 5 nitrogen and oxygen atoms in total. The number of nitrogens with zero attached hydrogens (tertiary/aromatic N) is 2. The van der Waals surface area contributed by atoms with Crippen molar-refractivity contribution in [2.24, 2.45) is 5.92 Å². The molecule has 2 heterocycles. The lowest BCUT2D eigenvalue weighted by Gasteiger charge is -2.44. The summed E-state index contributed by atoms with van der Waals surface area (Å²) < 4.78 is 5.29. The van der Waals surface area contributed by atoms with E-state index < -0.39 is 5.97 Å². The molecule has 142 valence electrons. The number of hydrogen-bond acceptors (Lipinski definition) is 5. The number of rotatable bonds is 4. The van der Waals surface area contributed by atoms with Gasteiger partial charge in [0.25, 0.3) is 5.91 Å². The summed E-state index contributed by atoms with van der Waals surface area (Å²) in [7, 11) is 0. The fourth-order valence-corrected chi connectivity index (χ4v) is 5.09. The van der Waals surface area contributed by atoms with Gasteiger partial charge in [-0.05, 0) is 31.6 Å². The maximum absolute atomic E-state index is 12.6. The third-order valence-electron chi connectivity index (χ3n) is 5.62. The summed E-state index contributed by atoms with van der Waals surface area (Å²) in [5, 5.41) is 2.46. The summed E-state index contributed by atoms with van der Waals surface area (Å²) in [4.78, 5) is 31.3. The maximum atomic E-state index is 12.6. The second-order valence-corrected chi connectivity index (χ2v) is 8.18. The number of aromatic nitrogens is 1. The molecule has 4 rings (SSSR count). The van der Waals surface area contributed by atoms with Gasteiger partial charge in [-0.1, -0.05) is 43.2 Å². The van der Waals surface area contributed by atoms with E-state index in [4.69, 9.17) is 4.74 Å². The van der Waals surface area contributed by atoms with Crippen LogP contribution in [0.3, 0.4) is 0 Å². The first-order valence-corrected chi connectivity index (χ1v) is 10.6. The Balaban J connectivity index is 1.35. The van der Waals surface area contributed by atoms with Crippen LogP contribution < -0.4 is 0 Å². The molecule has 2 atom stereocenters. The summed E-state index contributed by atoms with van der Waals surface area (Å²) in [5.74, 6) is 0.0246. The summed E-state index contributed by atoms with van der Waals surface area (Å²) in [6.45, 7) is 0.590. The molecule has 27 heavy (non-hydrogen) atoms. The highest BCUT2D eigenvalue weighted by atomic mass is 32.1. The Bertz CT molecular complexity index is 803. The Hall–Kier alpha value is -2.21. The van der Waals surface area contributed by atoms with Crippen LogP contribution in [0, 0.1) is 5.92 Å². The summed E-state index contributed by atoms with van der Waals surface area (Å²) >= 11 is 1.40. The average molecular weight is 385 g/mol. The monoisotopic (exact) mass is 384 g/mol. The van der Waals surface area contributed by atoms with Gasteiger partial charge in [0, 0.05) is 23.5 Å². The van der Waals surface area contributed by atoms with Crippen molar-refractivity contribution in [3.63, 3.8) is 0 Å². The number of carbonyl (C=O) groups is 2. The Morgan fingerprint density at radius 1 is 1.11 bits per heavy atom. The molecule has 0 bridgehead atoms. The lowest BCUT2D eigenvalue weighted by atomic mass is 9.78. The molecule has 0 spiro atoms. The molecule has 1 aliphatic carbocycles. The van der Waals surface area contributed by atoms with Crippen molar-refractivity contribution in [3.8, 4) is 10.6 Å². The van der Waals surface area contributed by atoms with Crippen LogP contribution in [0.5, 0.6) is 0 Å². The van der Waals surface area contributed by atoms with Crippen LogP contribution in [0.1, 0.15) is 49.0 Å². The van der Waals surface area contributed by atoms with E-state index in [1.807, 2.05) is 35.2 Å². The number of hydrogen-bond donors (Lipinski definition) is 0. The van der Waals surface area contributed by atoms with E-state index in [2.05, 4.69) is 4.98 Å². The number of amides is 1. The van der Waals surface area contributed by atoms with E-state index in [9.17, 15) is 9.59 Å². The van der Waals surface area contributed by atoms with Crippen molar-refractivity contribution >= 4 is 23.2 Å². The minimum atomic E-state index is -0.529. The topological polar surface area (TPSA) is 59.5 Å². The highest BCUT2D eigenvalue weighted by Gasteiger charge is 2.35. The molecule has 1 aromatic carbocycles. The number of fused-ring (bicyclic) bond motifs is 1. The largest absolute Gasteiger partial charge is 0.451 e. The predicted octanol–water partition coefficient (Wildman–Crippen LogP) is 4.15. The van der Waals surface area contributed by atoms with Gasteiger partial charge in [0.1, 0.15) is 5.01 Å². The van der Waals surface area contributed by atoms with Crippen molar-refractivity contribution < 1.29 is 14.3 Å². The summed E-state index contributed by atoms with van der Waals surface area (Å²) in [5.41, 5.74) is 1.23. The van der Waals surface area contributed by atoms with Crippen molar-refractivity contribution in [3.05, 3.63) is 41.4 Å². The Kier molecular flexibility index (Phi) is 5.53. The number of thiazole rings is 1. The molecule has 1 saturated carbocycles. The van der Waals surface area contributed by atoms with Gasteiger partial charge in [-0.15, -0.1) is 11.3 Å². The van der Waals surface area contributed by atoms with Crippen molar-refractivity contribution in [1.29, 1.82) is 0 Å². The number of carbonyl (C=O) groups excluding carboxylic acids is 2. The minimum Gasteiger partial charge on any atom is -0.451 e. The van der Waals surface area contributed by atoms with Crippen molar-refractivity contribution in [2.45, 2.75) is 44.6 Å². The van der Waals surface area contributed by atoms with Gasteiger partial charge in [0.15, 0.2) is 12.3 Å². The summed E-state index contributed by atoms with van der Waals surface area (Å²) in [6.07, 6.45) is 7.02. The standard InChI is InChI=1S/C21H24N2O3S/c24-19(23-12-6-10-15-7-4-5-11-18(15)23)13-26-21(25)17-14-27-20(22-17)16-8-2-1-3-9-16/h1-3,8-9,14-15,18H,4-7,10-13H2/t15-,18-/m0/s1. The van der Waals surface area contributed by atoms with Gasteiger partial charge < -0.3 is 9.64 Å². The molecule has 1 saturated heterocycles. The van der Waals surface area contributed by atoms with Crippen LogP contribution in [-0.4, -0.2) is 41.0 Å². The minimum absolute atomic E-state index is 0.0709. The van der Waals surface area contributed by atoms with Gasteiger partial charge >= 0.3 is 5.97 Å². The number of benzene rings is 1. The lowest BCUT2D eigenvalue weighted by Crippen LogP contribution is -2.50. The van der Waals surface area contributed by atoms with Crippen molar-refractivity contribution in [2.75, 3.05) is 13.2 Å². The van der Waals surface area contributed by atoms with E-state index in [0.717, 1.165) is 30.0 Å². The molecule has 6 heteroatoms. The zero-order chi connectivity index (χ0) is 18.6. The van der Waals surface area contributed by atoms with Crippen LogP contribution >= 0.6 is 11.3 Å². The first-order valence-electron chi connectivity index (χ1n) is 9.70. The Morgan fingerprint density at radius 2 is 1.89 bits per heavy atom. The zero-order valence-corrected chi connectivity index (χ0v) is 16.1. The third-order valence-corrected chi connectivity index (χ3v) is 6.52. The average Bonchev–Trinajstić information content (AvgIpc) is 3.22. The third kappa shape index (κ3) is 4.05. The van der Waals surface area contributed by atoms with Gasteiger partial charge in [-0.2, -0.15) is 0 Å². The van der Waals surface area contributed by atoms with Crippen LogP contribution in [0.2, 0.25) is 0 Å². The number of esters is 1. The molecule has 0 unspecified atom stereocenters. The number of piperidine rings is 1. The fourth-order valence-electron chi connectivity index (χ4n) is 4.30. The second-order valence-electron chi connectivity index (χ2n) is 7.32. The maximum Gasteiger partial charge on any atom is 0.358 e. The normalized spacial score (nSPS) is 22.1. The molecule has 1 amide bonds. The van der Waals surface area contributed by atoms with E-state index in [1.54, 1.807) is 5.38 Å². The molecular formula is C21H24N2O3S. The zero-order valence-electron chi connectivity index (χ0n) is 15.3. The molecule has 2 aromatic rings. The number of likely N-dealkylation sites (tertiary alicyclic amines) is 1. The molecule has 0 N–H and O–H groups in total. The highest BCUT2D eigenvalue weighted by molar-refractivity contribution is 7.13. The fraction of sp³-hybridized carbons (Fsp3) is 0.476. The smallest absolute Gasteiger partial charge is 0.358 e. The highest BCUT2D eigenvalue weighted by Crippen LogP contribution is 2.35. The van der Waals surface area contributed by atoms with Crippen molar-refractivity contribution in [1.82, 2.24) is 9.88 Å². The van der Waals surface area contributed by atoms with E-state index in [0.29, 0.717) is 12.0 Å². The van der Waals surface area contributed by atoms with Gasteiger partial charge in [-0.25, -0.2) is 9.78 Å². The van der Waals surface area contributed by atoms with Crippen LogP contribution in [-0.2, 0) is 9.53 Å². The Labute approximate surface area is 163 Å². The van der Waals surface area contributed by atoms with Gasteiger partial charge in [-0.3, -0.25) is 4.79 Å². The molecule has 2 aliphatic rings. The molecular weight excluding hydrogens is 360 g/mol. The van der Waals surface area contributed by atoms with E-state index >= 15 is 0 Å². The Morgan fingerprint density at radius 3 is 2.74 bits per heavy atom. The summed E-state index contributed by atoms with van der Waals surface area (Å²) in [6, 6.07) is 10.1. The lowest BCUT2D eigenvalue weighted by molar-refractivity contribution is -0.140. The molecule has 1 aromatic heterocycles. The van der Waals surface area contributed by atoms with Gasteiger partial charge in [0.2, 0.25) is 0 Å². The first kappa shape index (κ1) is 18.2. The quantitative estimate of drug-likeness (QED) is 0.743. The second kappa shape index (κ2) is 8.21. The van der Waals surface area contributed by atoms with Crippen LogP contribution in [0.25, 0.3) is 10.6 Å².